The molecule has 8 heteroatoms. The van der Waals surface area contributed by atoms with Crippen LogP contribution in [0.3, 0.4) is 0 Å². The molecule has 0 bridgehead atoms. The Kier molecular flexibility index (Phi) is 5.46. The molecule has 3 aromatic rings. The molecule has 7 nitrogen and oxygen atoms in total. The Bertz CT molecular complexity index is 1090. The lowest BCUT2D eigenvalue weighted by Gasteiger charge is -2.35. The average Bonchev–Trinajstić information content (AvgIpc) is 3.23. The highest BCUT2D eigenvalue weighted by atomic mass is 35.5. The smallest absolute Gasteiger partial charge is 0.337 e. The molecule has 4 rings (SSSR count). The zero-order valence-electron chi connectivity index (χ0n) is 16.6. The molecule has 1 aliphatic rings. The summed E-state index contributed by atoms with van der Waals surface area (Å²) in [6, 6.07) is 11.9. The van der Waals surface area contributed by atoms with Crippen molar-refractivity contribution in [3.05, 3.63) is 81.9 Å². The van der Waals surface area contributed by atoms with E-state index >= 15 is 0 Å². The first kappa shape index (κ1) is 20.0. The number of urea groups is 1. The Morgan fingerprint density at radius 2 is 2.00 bits per heavy atom. The van der Waals surface area contributed by atoms with Crippen LogP contribution >= 0.6 is 11.6 Å². The monoisotopic (exact) mass is 424 g/mol. The fraction of sp³-hybridized carbons (Fsp3) is 0.227. The number of benzene rings is 2. The Morgan fingerprint density at radius 1 is 1.23 bits per heavy atom. The van der Waals surface area contributed by atoms with E-state index in [0.29, 0.717) is 29.2 Å². The van der Waals surface area contributed by atoms with Crippen LogP contribution in [0.1, 0.15) is 38.9 Å². The lowest BCUT2D eigenvalue weighted by molar-refractivity contribution is 0.0600. The van der Waals surface area contributed by atoms with Crippen LogP contribution in [-0.2, 0) is 11.2 Å². The van der Waals surface area contributed by atoms with Gasteiger partial charge in [0.05, 0.1) is 24.7 Å². The summed E-state index contributed by atoms with van der Waals surface area (Å²) >= 11 is 6.05. The number of aromatic amines is 1. The van der Waals surface area contributed by atoms with E-state index in [1.165, 1.54) is 7.11 Å². The van der Waals surface area contributed by atoms with E-state index in [-0.39, 0.29) is 12.1 Å². The van der Waals surface area contributed by atoms with E-state index in [2.05, 4.69) is 15.3 Å². The van der Waals surface area contributed by atoms with Crippen LogP contribution in [0.15, 0.2) is 48.8 Å². The first-order chi connectivity index (χ1) is 14.5. The second-order valence-corrected chi connectivity index (χ2v) is 7.55. The number of rotatable bonds is 3. The second kappa shape index (κ2) is 8.20. The van der Waals surface area contributed by atoms with Gasteiger partial charge in [0, 0.05) is 29.4 Å². The molecule has 30 heavy (non-hydrogen) atoms. The lowest BCUT2D eigenvalue weighted by Crippen LogP contribution is -2.43. The van der Waals surface area contributed by atoms with Gasteiger partial charge < -0.3 is 19.9 Å². The predicted molar refractivity (Wildman–Crippen MR) is 114 cm³/mol. The van der Waals surface area contributed by atoms with Crippen molar-refractivity contribution in [2.24, 2.45) is 0 Å². The van der Waals surface area contributed by atoms with Crippen molar-refractivity contribution in [1.29, 1.82) is 0 Å². The molecule has 1 aliphatic heterocycles. The zero-order chi connectivity index (χ0) is 21.3. The molecule has 0 spiro atoms. The molecule has 0 radical (unpaired) electrons. The second-order valence-electron chi connectivity index (χ2n) is 7.12. The van der Waals surface area contributed by atoms with E-state index in [4.69, 9.17) is 16.3 Å². The Labute approximate surface area is 179 Å². The molecule has 2 N–H and O–H groups in total. The summed E-state index contributed by atoms with van der Waals surface area (Å²) in [5, 5.41) is 3.58. The number of methoxy groups -OCH3 is 1. The summed E-state index contributed by atoms with van der Waals surface area (Å²) in [5.41, 5.74) is 4.53. The van der Waals surface area contributed by atoms with Gasteiger partial charge in [-0.25, -0.2) is 14.6 Å². The largest absolute Gasteiger partial charge is 0.465 e. The van der Waals surface area contributed by atoms with Crippen molar-refractivity contribution in [1.82, 2.24) is 14.9 Å². The molecule has 154 valence electrons. The molecule has 0 fully saturated rings. The summed E-state index contributed by atoms with van der Waals surface area (Å²) < 4.78 is 4.78. The molecule has 0 saturated heterocycles. The molecular formula is C22H21ClN4O3. The van der Waals surface area contributed by atoms with Gasteiger partial charge in [0.1, 0.15) is 6.04 Å². The molecule has 2 aromatic carbocycles. The number of esters is 1. The highest BCUT2D eigenvalue weighted by Gasteiger charge is 2.34. The summed E-state index contributed by atoms with van der Waals surface area (Å²) in [6.07, 6.45) is 2.33. The quantitative estimate of drug-likeness (QED) is 0.612. The Hall–Kier alpha value is -3.32. The average molecular weight is 425 g/mol. The predicted octanol–water partition coefficient (Wildman–Crippen LogP) is 4.34. The molecule has 1 aromatic heterocycles. The standard InChI is InChI=1S/C22H21ClN4O3/c1-13-3-4-15(21(28)30-2)11-18(13)26-22(29)27-10-9-17-19(25-12-24-17)20(27)14-5-7-16(23)8-6-14/h3-8,11-12,20H,9-10H2,1-2H3,(H,24,25)(H,26,29)/t20-/m1/s1. The Morgan fingerprint density at radius 3 is 2.73 bits per heavy atom. The molecule has 0 unspecified atom stereocenters. The zero-order valence-corrected chi connectivity index (χ0v) is 17.4. The fourth-order valence-electron chi connectivity index (χ4n) is 3.67. The number of nitrogens with zero attached hydrogens (tertiary/aromatic N) is 2. The highest BCUT2D eigenvalue weighted by molar-refractivity contribution is 6.30. The van der Waals surface area contributed by atoms with E-state index in [9.17, 15) is 9.59 Å². The number of hydrogen-bond acceptors (Lipinski definition) is 4. The number of anilines is 1. The van der Waals surface area contributed by atoms with Crippen molar-refractivity contribution < 1.29 is 14.3 Å². The molecule has 2 amide bonds. The minimum Gasteiger partial charge on any atom is -0.465 e. The first-order valence-corrected chi connectivity index (χ1v) is 9.90. The number of aromatic nitrogens is 2. The van der Waals surface area contributed by atoms with Crippen LogP contribution in [-0.4, -0.2) is 40.5 Å². The number of aryl methyl sites for hydroxylation is 1. The maximum atomic E-state index is 13.3. The number of imidazole rings is 1. The van der Waals surface area contributed by atoms with E-state index in [0.717, 1.165) is 22.5 Å². The van der Waals surface area contributed by atoms with Crippen LogP contribution in [0, 0.1) is 6.92 Å². The van der Waals surface area contributed by atoms with Crippen LogP contribution in [0.5, 0.6) is 0 Å². The van der Waals surface area contributed by atoms with Crippen molar-refractivity contribution in [2.45, 2.75) is 19.4 Å². The van der Waals surface area contributed by atoms with Crippen molar-refractivity contribution in [3.63, 3.8) is 0 Å². The van der Waals surface area contributed by atoms with Gasteiger partial charge in [-0.05, 0) is 42.3 Å². The molecule has 1 atom stereocenters. The molecule has 0 saturated carbocycles. The topological polar surface area (TPSA) is 87.3 Å². The van der Waals surface area contributed by atoms with Crippen LogP contribution in [0.25, 0.3) is 0 Å². The van der Waals surface area contributed by atoms with E-state index < -0.39 is 5.97 Å². The van der Waals surface area contributed by atoms with Gasteiger partial charge >= 0.3 is 12.0 Å². The van der Waals surface area contributed by atoms with E-state index in [1.54, 1.807) is 41.6 Å². The van der Waals surface area contributed by atoms with Gasteiger partial charge in [0.15, 0.2) is 0 Å². The molecule has 2 heterocycles. The maximum absolute atomic E-state index is 13.3. The van der Waals surface area contributed by atoms with Crippen LogP contribution in [0.4, 0.5) is 10.5 Å². The van der Waals surface area contributed by atoms with Gasteiger partial charge in [0.25, 0.3) is 0 Å². The fourth-order valence-corrected chi connectivity index (χ4v) is 3.79. The number of ether oxygens (including phenoxy) is 1. The highest BCUT2D eigenvalue weighted by Crippen LogP contribution is 2.34. The van der Waals surface area contributed by atoms with Gasteiger partial charge in [-0.2, -0.15) is 0 Å². The normalized spacial score (nSPS) is 15.4. The van der Waals surface area contributed by atoms with Gasteiger partial charge in [-0.1, -0.05) is 29.8 Å². The number of halogens is 1. The number of hydrogen-bond donors (Lipinski definition) is 2. The number of carbonyl (C=O) groups is 2. The molecular weight excluding hydrogens is 404 g/mol. The first-order valence-electron chi connectivity index (χ1n) is 9.52. The minimum absolute atomic E-state index is 0.270. The number of carbonyl (C=O) groups excluding carboxylic acids is 2. The third kappa shape index (κ3) is 3.76. The number of amides is 2. The van der Waals surface area contributed by atoms with Gasteiger partial charge in [-0.3, -0.25) is 0 Å². The summed E-state index contributed by atoms with van der Waals surface area (Å²) in [7, 11) is 1.33. The summed E-state index contributed by atoms with van der Waals surface area (Å²) in [4.78, 5) is 34.5. The van der Waals surface area contributed by atoms with Crippen LogP contribution < -0.4 is 5.32 Å². The van der Waals surface area contributed by atoms with Crippen molar-refractivity contribution >= 4 is 29.3 Å². The minimum atomic E-state index is -0.455. The van der Waals surface area contributed by atoms with Crippen molar-refractivity contribution in [3.8, 4) is 0 Å². The lowest BCUT2D eigenvalue weighted by atomic mass is 9.96. The number of H-pyrrole nitrogens is 1. The maximum Gasteiger partial charge on any atom is 0.337 e. The Balaban J connectivity index is 1.66. The van der Waals surface area contributed by atoms with E-state index in [1.807, 2.05) is 19.1 Å². The number of fused-ring (bicyclic) bond motifs is 1. The third-order valence-corrected chi connectivity index (χ3v) is 5.52. The molecule has 0 aliphatic carbocycles. The third-order valence-electron chi connectivity index (χ3n) is 5.27. The summed E-state index contributed by atoms with van der Waals surface area (Å²) in [6.45, 7) is 2.39. The van der Waals surface area contributed by atoms with Crippen LogP contribution in [0.2, 0.25) is 5.02 Å². The van der Waals surface area contributed by atoms with Crippen molar-refractivity contribution in [2.75, 3.05) is 19.0 Å². The number of nitrogens with one attached hydrogen (secondary N) is 2. The summed E-state index contributed by atoms with van der Waals surface area (Å²) in [5.74, 6) is -0.455. The van der Waals surface area contributed by atoms with Gasteiger partial charge in [-0.15, -0.1) is 0 Å². The SMILES string of the molecule is COC(=O)c1ccc(C)c(NC(=O)N2CCc3[nH]cnc3[C@H]2c2ccc(Cl)cc2)c1. The van der Waals surface area contributed by atoms with Gasteiger partial charge in [0.2, 0.25) is 0 Å².